The Balaban J connectivity index is 0.000000675. The Bertz CT molecular complexity index is 1130. The molecule has 4 N–H and O–H groups in total. The minimum Gasteiger partial charge on any atom is -0.496 e. The van der Waals surface area contributed by atoms with E-state index in [4.69, 9.17) is 31.3 Å². The second-order valence-electron chi connectivity index (χ2n) is 10.1. The number of anilines is 1. The van der Waals surface area contributed by atoms with E-state index < -0.39 is 11.9 Å². The van der Waals surface area contributed by atoms with E-state index >= 15 is 0 Å². The molecule has 13 heteroatoms. The number of nitrogens with one attached hydrogen (secondary N) is 2. The highest BCUT2D eigenvalue weighted by atomic mass is 35.5. The summed E-state index contributed by atoms with van der Waals surface area (Å²) in [5.74, 6) is -2.74. The highest BCUT2D eigenvalue weighted by molar-refractivity contribution is 6.34. The number of fused-ring (bicyclic) bond motifs is 2. The van der Waals surface area contributed by atoms with Crippen LogP contribution in [0.3, 0.4) is 0 Å². The molecular weight excluding hydrogens is 570 g/mol. The Morgan fingerprint density at radius 2 is 1.67 bits per heavy atom. The van der Waals surface area contributed by atoms with Gasteiger partial charge in [0.25, 0.3) is 5.91 Å². The summed E-state index contributed by atoms with van der Waals surface area (Å²) in [6.45, 7) is 4.63. The molecule has 42 heavy (non-hydrogen) atoms. The van der Waals surface area contributed by atoms with Crippen molar-refractivity contribution in [1.29, 1.82) is 0 Å². The number of halogens is 1. The monoisotopic (exact) mass is 609 g/mol. The van der Waals surface area contributed by atoms with E-state index in [-0.39, 0.29) is 28.8 Å². The summed E-state index contributed by atoms with van der Waals surface area (Å²) in [5, 5.41) is 21.7. The molecule has 2 bridgehead atoms. The number of carboxylic acid groups (broad SMARTS) is 2. The lowest BCUT2D eigenvalue weighted by Crippen LogP contribution is -2.57. The summed E-state index contributed by atoms with van der Waals surface area (Å²) in [6, 6.07) is 4.07. The number of benzene rings is 1. The molecule has 2 saturated heterocycles. The maximum atomic E-state index is 13.1. The zero-order valence-corrected chi connectivity index (χ0v) is 24.9. The van der Waals surface area contributed by atoms with Crippen molar-refractivity contribution in [2.45, 2.75) is 83.3 Å². The summed E-state index contributed by atoms with van der Waals surface area (Å²) in [7, 11) is 1.49. The molecule has 0 aromatic heterocycles. The summed E-state index contributed by atoms with van der Waals surface area (Å²) < 4.78 is 10.4. The van der Waals surface area contributed by atoms with Gasteiger partial charge in [-0.2, -0.15) is 0 Å². The van der Waals surface area contributed by atoms with Gasteiger partial charge < -0.3 is 30.3 Å². The van der Waals surface area contributed by atoms with Crippen molar-refractivity contribution in [3.05, 3.63) is 34.9 Å². The van der Waals surface area contributed by atoms with E-state index in [0.717, 1.165) is 45.1 Å². The average molecular weight is 610 g/mol. The zero-order chi connectivity index (χ0) is 31.2. The fourth-order valence-corrected chi connectivity index (χ4v) is 5.56. The minimum absolute atomic E-state index is 0.0806. The van der Waals surface area contributed by atoms with Crippen molar-refractivity contribution in [1.82, 2.24) is 10.2 Å². The maximum absolute atomic E-state index is 13.1. The van der Waals surface area contributed by atoms with Crippen molar-refractivity contribution < 1.29 is 43.7 Å². The van der Waals surface area contributed by atoms with Crippen LogP contribution in [-0.2, 0) is 23.9 Å². The van der Waals surface area contributed by atoms with Crippen LogP contribution in [0.15, 0.2) is 24.3 Å². The van der Waals surface area contributed by atoms with Crippen LogP contribution in [0.4, 0.5) is 5.69 Å². The van der Waals surface area contributed by atoms with Gasteiger partial charge in [-0.05, 0) is 58.1 Å². The molecule has 0 saturated carbocycles. The van der Waals surface area contributed by atoms with Crippen molar-refractivity contribution >= 4 is 47.0 Å². The first-order chi connectivity index (χ1) is 19.9. The number of carbonyl (C=O) groups is 5. The number of hydrogen-bond donors (Lipinski definition) is 4. The fourth-order valence-electron chi connectivity index (χ4n) is 5.35. The number of carboxylic acids is 2. The largest absolute Gasteiger partial charge is 0.496 e. The highest BCUT2D eigenvalue weighted by Crippen LogP contribution is 2.35. The first-order valence-corrected chi connectivity index (χ1v) is 14.3. The Kier molecular flexibility index (Phi) is 14.3. The van der Waals surface area contributed by atoms with Crippen LogP contribution in [0.2, 0.25) is 5.02 Å². The van der Waals surface area contributed by atoms with E-state index in [1.165, 1.54) is 20.5 Å². The molecule has 0 spiro atoms. The summed E-state index contributed by atoms with van der Waals surface area (Å²) in [6.07, 6.45) is 8.67. The molecule has 12 nitrogen and oxygen atoms in total. The van der Waals surface area contributed by atoms with Crippen molar-refractivity contribution in [3.8, 4) is 5.75 Å². The molecule has 0 aliphatic carbocycles. The van der Waals surface area contributed by atoms with Crippen molar-refractivity contribution in [3.63, 3.8) is 0 Å². The second-order valence-corrected chi connectivity index (χ2v) is 10.5. The van der Waals surface area contributed by atoms with Crippen LogP contribution in [0.5, 0.6) is 5.75 Å². The van der Waals surface area contributed by atoms with E-state index in [1.54, 1.807) is 12.1 Å². The van der Waals surface area contributed by atoms with E-state index in [0.29, 0.717) is 54.3 Å². The van der Waals surface area contributed by atoms with Crippen LogP contribution >= 0.6 is 11.6 Å². The number of unbranched alkanes of at least 4 members (excludes halogenated alkanes) is 1. The number of amides is 2. The predicted octanol–water partition coefficient (Wildman–Crippen LogP) is 3.87. The Hall–Kier alpha value is -3.64. The quantitative estimate of drug-likeness (QED) is 0.155. The number of piperidine rings is 2. The van der Waals surface area contributed by atoms with Crippen LogP contribution in [-0.4, -0.2) is 83.2 Å². The smallest absolute Gasteiger partial charge is 0.328 e. The first-order valence-electron chi connectivity index (χ1n) is 14.0. The minimum atomic E-state index is -1.26. The molecule has 3 rings (SSSR count). The second kappa shape index (κ2) is 17.3. The predicted molar refractivity (Wildman–Crippen MR) is 156 cm³/mol. The van der Waals surface area contributed by atoms with Crippen LogP contribution < -0.4 is 15.4 Å². The molecule has 2 amide bonds. The third kappa shape index (κ3) is 11.3. The van der Waals surface area contributed by atoms with Crippen LogP contribution in [0, 0.1) is 0 Å². The van der Waals surface area contributed by atoms with Gasteiger partial charge in [0.1, 0.15) is 5.75 Å². The molecule has 2 aliphatic rings. The Morgan fingerprint density at radius 1 is 1.05 bits per heavy atom. The number of rotatable bonds is 12. The SMILES string of the molecule is CCOC(=O)CCCCN1C2CCCC1CC(NC(=O)c1cc(Cl)c(NC(C)=O)cc1OC)C2.O=C(O)/C=C/C(=O)O. The topological polar surface area (TPSA) is 172 Å². The van der Waals surface area contributed by atoms with Crippen molar-refractivity contribution in [2.75, 3.05) is 25.6 Å². The lowest BCUT2D eigenvalue weighted by Gasteiger charge is -2.49. The third-order valence-electron chi connectivity index (χ3n) is 7.03. The first kappa shape index (κ1) is 34.6. The number of ether oxygens (including phenoxy) is 2. The molecule has 2 aliphatic heterocycles. The van der Waals surface area contributed by atoms with Gasteiger partial charge in [0, 0.05) is 49.7 Å². The summed E-state index contributed by atoms with van der Waals surface area (Å²) >= 11 is 6.30. The summed E-state index contributed by atoms with van der Waals surface area (Å²) in [4.78, 5) is 57.8. The number of hydrogen-bond acceptors (Lipinski definition) is 8. The van der Waals surface area contributed by atoms with Gasteiger partial charge in [-0.3, -0.25) is 19.3 Å². The lowest BCUT2D eigenvalue weighted by atomic mass is 9.81. The van der Waals surface area contributed by atoms with Gasteiger partial charge in [0.05, 0.1) is 30.0 Å². The molecule has 1 aromatic rings. The Labute approximate surface area is 250 Å². The van der Waals surface area contributed by atoms with Gasteiger partial charge in [-0.25, -0.2) is 9.59 Å². The molecule has 1 aromatic carbocycles. The number of methoxy groups -OCH3 is 1. The van der Waals surface area contributed by atoms with Gasteiger partial charge in [0.15, 0.2) is 0 Å². The molecule has 0 radical (unpaired) electrons. The molecular formula is C29H40ClN3O9. The number of carbonyl (C=O) groups excluding carboxylic acids is 3. The number of nitrogens with zero attached hydrogens (tertiary/aromatic N) is 1. The molecule has 2 unspecified atom stereocenters. The van der Waals surface area contributed by atoms with E-state index in [2.05, 4.69) is 15.5 Å². The molecule has 232 valence electrons. The average Bonchev–Trinajstić information content (AvgIpc) is 2.91. The van der Waals surface area contributed by atoms with Crippen molar-refractivity contribution in [2.24, 2.45) is 0 Å². The van der Waals surface area contributed by atoms with Crippen LogP contribution in [0.1, 0.15) is 75.6 Å². The highest BCUT2D eigenvalue weighted by Gasteiger charge is 2.38. The van der Waals surface area contributed by atoms with E-state index in [9.17, 15) is 24.0 Å². The standard InChI is InChI=1S/C25H36ClN3O5.C4H4O4/c1-4-34-24(31)10-5-6-11-29-18-8-7-9-19(29)13-17(12-18)28-25(32)20-14-21(26)22(27-16(2)30)15-23(20)33-3;5-3(6)1-2-4(7)8/h14-15,17-19H,4-13H2,1-3H3,(H,27,30)(H,28,32);1-2H,(H,5,6)(H,7,8)/b;2-1+. The molecule has 2 heterocycles. The third-order valence-corrected chi connectivity index (χ3v) is 7.34. The normalized spacial score (nSPS) is 19.7. The van der Waals surface area contributed by atoms with Gasteiger partial charge in [0.2, 0.25) is 5.91 Å². The maximum Gasteiger partial charge on any atom is 0.328 e. The van der Waals surface area contributed by atoms with Gasteiger partial charge in [-0.1, -0.05) is 18.0 Å². The Morgan fingerprint density at radius 3 is 2.19 bits per heavy atom. The van der Waals surface area contributed by atoms with Gasteiger partial charge in [-0.15, -0.1) is 0 Å². The number of aliphatic carboxylic acids is 2. The number of esters is 1. The summed E-state index contributed by atoms with van der Waals surface area (Å²) in [5.41, 5.74) is 0.765. The van der Waals surface area contributed by atoms with Gasteiger partial charge >= 0.3 is 17.9 Å². The van der Waals surface area contributed by atoms with Crippen LogP contribution in [0.25, 0.3) is 0 Å². The lowest BCUT2D eigenvalue weighted by molar-refractivity contribution is -0.143. The molecule has 2 atom stereocenters. The fraction of sp³-hybridized carbons (Fsp3) is 0.552. The molecule has 2 fully saturated rings. The zero-order valence-electron chi connectivity index (χ0n) is 24.2. The van der Waals surface area contributed by atoms with E-state index in [1.807, 2.05) is 6.92 Å².